The summed E-state index contributed by atoms with van der Waals surface area (Å²) < 4.78 is 12.1. The van der Waals surface area contributed by atoms with Gasteiger partial charge in [-0.1, -0.05) is 41.1 Å². The highest BCUT2D eigenvalue weighted by atomic mass is 35.5. The van der Waals surface area contributed by atoms with Crippen LogP contribution in [0.25, 0.3) is 16.0 Å². The Bertz CT molecular complexity index is 1580. The molecule has 1 fully saturated rings. The molecule has 6 rings (SSSR count). The number of benzene rings is 3. The minimum atomic E-state index is -0.892. The molecule has 7 nitrogen and oxygen atoms in total. The van der Waals surface area contributed by atoms with Crippen LogP contribution in [-0.2, 0) is 9.59 Å². The lowest BCUT2D eigenvalue weighted by Gasteiger charge is -2.23. The molecule has 1 atom stereocenters. The average molecular weight is 519 g/mol. The zero-order valence-corrected chi connectivity index (χ0v) is 20.6. The van der Waals surface area contributed by atoms with Crippen LogP contribution in [0.3, 0.4) is 0 Å². The van der Waals surface area contributed by atoms with E-state index in [9.17, 15) is 14.7 Å². The van der Waals surface area contributed by atoms with E-state index in [1.807, 2.05) is 25.1 Å². The maximum Gasteiger partial charge on any atom is 0.301 e. The number of carbonyl (C=O) groups is 2. The number of aliphatic hydroxyl groups excluding tert-OH is 1. The molecule has 0 saturated carbocycles. The second-order valence-electron chi connectivity index (χ2n) is 8.55. The van der Waals surface area contributed by atoms with Crippen LogP contribution >= 0.6 is 22.9 Å². The first-order chi connectivity index (χ1) is 17.4. The van der Waals surface area contributed by atoms with Gasteiger partial charge in [0.1, 0.15) is 19.0 Å². The number of aliphatic hydroxyl groups is 1. The summed E-state index contributed by atoms with van der Waals surface area (Å²) >= 11 is 7.43. The molecule has 1 unspecified atom stereocenters. The number of aromatic nitrogens is 1. The lowest BCUT2D eigenvalue weighted by atomic mass is 9.95. The molecule has 0 spiro atoms. The Balaban J connectivity index is 1.54. The number of nitrogens with zero attached hydrogens (tertiary/aromatic N) is 2. The molecule has 4 aromatic rings. The number of Topliss-reactive ketones (excluding diaryl/α,β-unsaturated/α-hetero) is 1. The van der Waals surface area contributed by atoms with Crippen molar-refractivity contribution < 1.29 is 24.2 Å². The third kappa shape index (κ3) is 3.70. The quantitative estimate of drug-likeness (QED) is 0.214. The zero-order chi connectivity index (χ0) is 25.0. The number of rotatable bonds is 3. The number of hydrogen-bond donors (Lipinski definition) is 1. The van der Waals surface area contributed by atoms with Crippen molar-refractivity contribution in [3.05, 3.63) is 87.9 Å². The van der Waals surface area contributed by atoms with E-state index in [1.165, 1.54) is 16.2 Å². The van der Waals surface area contributed by atoms with Crippen molar-refractivity contribution in [2.24, 2.45) is 0 Å². The van der Waals surface area contributed by atoms with E-state index in [0.29, 0.717) is 46.0 Å². The van der Waals surface area contributed by atoms with Crippen molar-refractivity contribution in [2.45, 2.75) is 13.0 Å². The monoisotopic (exact) mass is 518 g/mol. The molecule has 180 valence electrons. The van der Waals surface area contributed by atoms with Crippen molar-refractivity contribution in [1.29, 1.82) is 0 Å². The Morgan fingerprint density at radius 1 is 1.03 bits per heavy atom. The Morgan fingerprint density at radius 2 is 1.78 bits per heavy atom. The van der Waals surface area contributed by atoms with Gasteiger partial charge in [-0.25, -0.2) is 4.98 Å². The van der Waals surface area contributed by atoms with Crippen LogP contribution in [0.15, 0.2) is 66.2 Å². The van der Waals surface area contributed by atoms with Crippen molar-refractivity contribution in [3.8, 4) is 11.5 Å². The maximum atomic E-state index is 13.4. The van der Waals surface area contributed by atoms with Gasteiger partial charge in [0.15, 0.2) is 16.6 Å². The highest BCUT2D eigenvalue weighted by molar-refractivity contribution is 7.22. The Kier molecular flexibility index (Phi) is 5.43. The molecule has 1 N–H and O–H groups in total. The smallest absolute Gasteiger partial charge is 0.301 e. The van der Waals surface area contributed by atoms with Crippen LogP contribution < -0.4 is 14.4 Å². The normalized spacial score (nSPS) is 18.7. The predicted molar refractivity (Wildman–Crippen MR) is 138 cm³/mol. The van der Waals surface area contributed by atoms with Gasteiger partial charge < -0.3 is 14.6 Å². The lowest BCUT2D eigenvalue weighted by molar-refractivity contribution is -0.132. The molecule has 9 heteroatoms. The number of anilines is 1. The average Bonchev–Trinajstić information content (AvgIpc) is 3.41. The SMILES string of the molecule is Cc1ccc2nc(N3C(=O)C(=O)/C(=C(\O)c4ccc5c(c4)OCCO5)C3c3ccc(Cl)cc3)sc2c1. The fourth-order valence-electron chi connectivity index (χ4n) is 4.46. The van der Waals surface area contributed by atoms with Crippen LogP contribution in [-0.4, -0.2) is 35.0 Å². The summed E-state index contributed by atoms with van der Waals surface area (Å²) in [5, 5.41) is 12.3. The maximum absolute atomic E-state index is 13.4. The van der Waals surface area contributed by atoms with Gasteiger partial charge in [-0.2, -0.15) is 0 Å². The second kappa shape index (κ2) is 8.65. The topological polar surface area (TPSA) is 89.0 Å². The van der Waals surface area contributed by atoms with Crippen molar-refractivity contribution >= 4 is 55.7 Å². The van der Waals surface area contributed by atoms with Crippen LogP contribution in [0.2, 0.25) is 5.02 Å². The summed E-state index contributed by atoms with van der Waals surface area (Å²) in [6.45, 7) is 2.79. The van der Waals surface area contributed by atoms with E-state index in [-0.39, 0.29) is 11.3 Å². The van der Waals surface area contributed by atoms with Crippen molar-refractivity contribution in [3.63, 3.8) is 0 Å². The lowest BCUT2D eigenvalue weighted by Crippen LogP contribution is -2.29. The number of amides is 1. The number of ketones is 1. The molecular weight excluding hydrogens is 500 g/mol. The summed E-state index contributed by atoms with van der Waals surface area (Å²) in [6, 6.07) is 16.7. The summed E-state index contributed by atoms with van der Waals surface area (Å²) in [5.74, 6) is -0.839. The molecule has 0 radical (unpaired) electrons. The molecule has 0 aliphatic carbocycles. The Morgan fingerprint density at radius 3 is 2.56 bits per heavy atom. The van der Waals surface area contributed by atoms with E-state index >= 15 is 0 Å². The van der Waals surface area contributed by atoms with Gasteiger partial charge in [0.2, 0.25) is 0 Å². The first-order valence-corrected chi connectivity index (χ1v) is 12.4. The van der Waals surface area contributed by atoms with Crippen LogP contribution in [0, 0.1) is 6.92 Å². The second-order valence-corrected chi connectivity index (χ2v) is 9.99. The fourth-order valence-corrected chi connectivity index (χ4v) is 5.68. The molecule has 3 aromatic carbocycles. The highest BCUT2D eigenvalue weighted by Crippen LogP contribution is 2.45. The van der Waals surface area contributed by atoms with E-state index in [1.54, 1.807) is 42.5 Å². The number of hydrogen-bond acceptors (Lipinski definition) is 7. The predicted octanol–water partition coefficient (Wildman–Crippen LogP) is 5.66. The van der Waals surface area contributed by atoms with Gasteiger partial charge >= 0.3 is 5.91 Å². The molecular formula is C27H19ClN2O5S. The Labute approximate surface area is 215 Å². The van der Waals surface area contributed by atoms with E-state index in [0.717, 1.165) is 15.8 Å². The number of thiazole rings is 1. The minimum absolute atomic E-state index is 0.0329. The van der Waals surface area contributed by atoms with Gasteiger partial charge in [0, 0.05) is 10.6 Å². The van der Waals surface area contributed by atoms with Gasteiger partial charge in [-0.05, 0) is 60.5 Å². The van der Waals surface area contributed by atoms with Crippen molar-refractivity contribution in [1.82, 2.24) is 4.98 Å². The van der Waals surface area contributed by atoms with Gasteiger partial charge in [0.25, 0.3) is 5.78 Å². The van der Waals surface area contributed by atoms with Crippen molar-refractivity contribution in [2.75, 3.05) is 18.1 Å². The number of halogens is 1. The first kappa shape index (κ1) is 22.6. The standard InChI is InChI=1S/C27H19ClN2O5S/c1-14-2-8-18-21(12-14)36-27(29-18)30-23(15-3-6-17(28)7-4-15)22(25(32)26(30)33)24(31)16-5-9-19-20(13-16)35-11-10-34-19/h2-9,12-13,23,31H,10-11H2,1H3/b24-22-. The van der Waals surface area contributed by atoms with Gasteiger partial charge in [0.05, 0.1) is 21.8 Å². The van der Waals surface area contributed by atoms with Crippen LogP contribution in [0.1, 0.15) is 22.7 Å². The molecule has 2 aliphatic heterocycles. The van der Waals surface area contributed by atoms with E-state index < -0.39 is 17.7 Å². The molecule has 1 amide bonds. The molecule has 1 aromatic heterocycles. The molecule has 2 aliphatic rings. The largest absolute Gasteiger partial charge is 0.507 e. The fraction of sp³-hybridized carbons (Fsp3) is 0.148. The Hall–Kier alpha value is -3.88. The summed E-state index contributed by atoms with van der Waals surface area (Å²) in [4.78, 5) is 32.8. The van der Waals surface area contributed by atoms with E-state index in [4.69, 9.17) is 21.1 Å². The van der Waals surface area contributed by atoms with Crippen LogP contribution in [0.4, 0.5) is 5.13 Å². The minimum Gasteiger partial charge on any atom is -0.507 e. The first-order valence-electron chi connectivity index (χ1n) is 11.2. The summed E-state index contributed by atoms with van der Waals surface area (Å²) in [5.41, 5.74) is 2.72. The zero-order valence-electron chi connectivity index (χ0n) is 19.0. The number of carbonyl (C=O) groups excluding carboxylic acids is 2. The van der Waals surface area contributed by atoms with E-state index in [2.05, 4.69) is 4.98 Å². The molecule has 3 heterocycles. The number of aryl methyl sites for hydroxylation is 1. The molecule has 1 saturated heterocycles. The third-order valence-electron chi connectivity index (χ3n) is 6.18. The molecule has 36 heavy (non-hydrogen) atoms. The third-order valence-corrected chi connectivity index (χ3v) is 7.45. The molecule has 0 bridgehead atoms. The van der Waals surface area contributed by atoms with Crippen LogP contribution in [0.5, 0.6) is 11.5 Å². The number of ether oxygens (including phenoxy) is 2. The summed E-state index contributed by atoms with van der Waals surface area (Å²) in [7, 11) is 0. The van der Waals surface area contributed by atoms with Gasteiger partial charge in [-0.3, -0.25) is 14.5 Å². The summed E-state index contributed by atoms with van der Waals surface area (Å²) in [6.07, 6.45) is 0. The number of fused-ring (bicyclic) bond motifs is 2. The highest BCUT2D eigenvalue weighted by Gasteiger charge is 2.48. The van der Waals surface area contributed by atoms with Gasteiger partial charge in [-0.15, -0.1) is 0 Å².